The first-order chi connectivity index (χ1) is 14.6. The van der Waals surface area contributed by atoms with Crippen LogP contribution in [0.2, 0.25) is 0 Å². The molecule has 160 valence electrons. The molecule has 30 heavy (non-hydrogen) atoms. The molecule has 8 nitrogen and oxygen atoms in total. The summed E-state index contributed by atoms with van der Waals surface area (Å²) in [5, 5.41) is 8.13. The summed E-state index contributed by atoms with van der Waals surface area (Å²) in [6.45, 7) is 8.61. The van der Waals surface area contributed by atoms with Crippen LogP contribution in [0, 0.1) is 6.92 Å². The molecule has 4 rings (SSSR count). The minimum absolute atomic E-state index is 0.580. The molecule has 0 bridgehead atoms. The molecule has 2 aliphatic heterocycles. The maximum Gasteiger partial charge on any atom is 0.136 e. The number of rotatable bonds is 3. The Hall–Kier alpha value is -2.90. The zero-order valence-corrected chi connectivity index (χ0v) is 18.3. The number of hydrogen-bond acceptors (Lipinski definition) is 6. The average Bonchev–Trinajstić information content (AvgIpc) is 2.97. The zero-order valence-electron chi connectivity index (χ0n) is 18.3. The van der Waals surface area contributed by atoms with Gasteiger partial charge in [0.2, 0.25) is 0 Å². The summed E-state index contributed by atoms with van der Waals surface area (Å²) in [6, 6.07) is 0. The van der Waals surface area contributed by atoms with Gasteiger partial charge in [0.15, 0.2) is 0 Å². The van der Waals surface area contributed by atoms with E-state index in [1.807, 2.05) is 6.92 Å². The first kappa shape index (κ1) is 20.4. The molecule has 3 heterocycles. The molecular weight excluding hydrogens is 376 g/mol. The Kier molecular flexibility index (Phi) is 6.01. The standard InChI is InChI=1S/C22H32N8/c1-15-19-13-25-12-18(11-23)22(24-3)27-16(2)26-8-7-21(19)30(28-15)14-17-5-6-20(17)29-9-4-10-29/h11-12H,4-10,13-14,23H2,1-3H3,(H,24,26,27). The normalized spacial score (nSPS) is 22.6. The van der Waals surface area contributed by atoms with E-state index in [0.29, 0.717) is 18.9 Å². The summed E-state index contributed by atoms with van der Waals surface area (Å²) in [6.07, 6.45) is 7.86. The average molecular weight is 409 g/mol. The molecule has 1 fully saturated rings. The molecule has 0 saturated carbocycles. The van der Waals surface area contributed by atoms with Gasteiger partial charge in [0, 0.05) is 62.5 Å². The third kappa shape index (κ3) is 4.04. The van der Waals surface area contributed by atoms with Gasteiger partial charge in [-0.3, -0.25) is 19.7 Å². The van der Waals surface area contributed by atoms with Gasteiger partial charge >= 0.3 is 0 Å². The first-order valence-corrected chi connectivity index (χ1v) is 10.8. The Morgan fingerprint density at radius 2 is 2.07 bits per heavy atom. The third-order valence-electron chi connectivity index (χ3n) is 6.17. The smallest absolute Gasteiger partial charge is 0.136 e. The second-order valence-corrected chi connectivity index (χ2v) is 8.07. The monoisotopic (exact) mass is 408 g/mol. The number of aromatic nitrogens is 2. The van der Waals surface area contributed by atoms with Crippen molar-refractivity contribution < 1.29 is 0 Å². The van der Waals surface area contributed by atoms with Crippen molar-refractivity contribution in [3.63, 3.8) is 0 Å². The van der Waals surface area contributed by atoms with E-state index >= 15 is 0 Å². The summed E-state index contributed by atoms with van der Waals surface area (Å²) in [5.74, 6) is 1.49. The molecule has 0 atom stereocenters. The highest BCUT2D eigenvalue weighted by Crippen LogP contribution is 2.35. The molecule has 3 aliphatic rings. The number of hydrogen-bond donors (Lipinski definition) is 2. The lowest BCUT2D eigenvalue weighted by molar-refractivity contribution is 0.214. The van der Waals surface area contributed by atoms with Gasteiger partial charge in [-0.15, -0.1) is 0 Å². The van der Waals surface area contributed by atoms with E-state index in [1.165, 1.54) is 55.4 Å². The van der Waals surface area contributed by atoms with E-state index in [0.717, 1.165) is 30.1 Å². The van der Waals surface area contributed by atoms with Crippen LogP contribution in [0.5, 0.6) is 0 Å². The van der Waals surface area contributed by atoms with Gasteiger partial charge in [0.05, 0.1) is 30.2 Å². The molecule has 0 unspecified atom stereocenters. The number of nitrogens with one attached hydrogen (secondary N) is 1. The SMILES string of the molecule is CN=C1NC(C)=NCCc2c(c(C)nn2CC2=C(N3CCC3)CC2)CN=CC1=CN. The Labute approximate surface area is 178 Å². The summed E-state index contributed by atoms with van der Waals surface area (Å²) in [4.78, 5) is 16.2. The van der Waals surface area contributed by atoms with E-state index in [4.69, 9.17) is 15.8 Å². The Balaban J connectivity index is 1.64. The van der Waals surface area contributed by atoms with Crippen molar-refractivity contribution in [2.45, 2.75) is 52.6 Å². The van der Waals surface area contributed by atoms with Gasteiger partial charge < -0.3 is 16.0 Å². The molecular formula is C22H32N8. The lowest BCUT2D eigenvalue weighted by atomic mass is 9.91. The first-order valence-electron chi connectivity index (χ1n) is 10.8. The number of aryl methyl sites for hydroxylation is 1. The number of allylic oxidation sites excluding steroid dienone is 2. The van der Waals surface area contributed by atoms with Crippen LogP contribution in [0.1, 0.15) is 43.1 Å². The van der Waals surface area contributed by atoms with Crippen molar-refractivity contribution in [1.29, 1.82) is 0 Å². The largest absolute Gasteiger partial charge is 0.404 e. The highest BCUT2D eigenvalue weighted by Gasteiger charge is 2.27. The quantitative estimate of drug-likeness (QED) is 0.799. The fourth-order valence-electron chi connectivity index (χ4n) is 4.23. The fraction of sp³-hybridized carbons (Fsp3) is 0.545. The molecule has 0 radical (unpaired) electrons. The molecule has 0 aromatic carbocycles. The maximum absolute atomic E-state index is 5.81. The van der Waals surface area contributed by atoms with Crippen molar-refractivity contribution >= 4 is 17.9 Å². The minimum Gasteiger partial charge on any atom is -0.404 e. The molecule has 1 saturated heterocycles. The van der Waals surface area contributed by atoms with Crippen molar-refractivity contribution in [3.05, 3.63) is 40.0 Å². The minimum atomic E-state index is 0.580. The summed E-state index contributed by atoms with van der Waals surface area (Å²) >= 11 is 0. The Morgan fingerprint density at radius 3 is 2.70 bits per heavy atom. The Morgan fingerprint density at radius 1 is 1.23 bits per heavy atom. The van der Waals surface area contributed by atoms with E-state index in [2.05, 4.69) is 31.8 Å². The predicted molar refractivity (Wildman–Crippen MR) is 122 cm³/mol. The second kappa shape index (κ2) is 8.85. The lowest BCUT2D eigenvalue weighted by Crippen LogP contribution is -2.39. The summed E-state index contributed by atoms with van der Waals surface area (Å²) in [5.41, 5.74) is 13.1. The van der Waals surface area contributed by atoms with Gasteiger partial charge in [-0.2, -0.15) is 5.10 Å². The highest BCUT2D eigenvalue weighted by atomic mass is 15.3. The van der Waals surface area contributed by atoms with Gasteiger partial charge in [0.25, 0.3) is 0 Å². The molecule has 0 amide bonds. The van der Waals surface area contributed by atoms with Crippen LogP contribution in [0.3, 0.4) is 0 Å². The summed E-state index contributed by atoms with van der Waals surface area (Å²) in [7, 11) is 1.73. The zero-order chi connectivity index (χ0) is 21.1. The predicted octanol–water partition coefficient (Wildman–Crippen LogP) is 1.95. The number of likely N-dealkylation sites (tertiary alicyclic amines) is 1. The van der Waals surface area contributed by atoms with Crippen LogP contribution in [0.15, 0.2) is 38.0 Å². The molecule has 1 aliphatic carbocycles. The van der Waals surface area contributed by atoms with Gasteiger partial charge in [0.1, 0.15) is 5.84 Å². The topological polar surface area (TPSA) is 96.2 Å². The molecule has 0 spiro atoms. The molecule has 1 aromatic heterocycles. The van der Waals surface area contributed by atoms with Crippen molar-refractivity contribution in [3.8, 4) is 0 Å². The Bertz CT molecular complexity index is 956. The third-order valence-corrected chi connectivity index (χ3v) is 6.17. The second-order valence-electron chi connectivity index (χ2n) is 8.07. The van der Waals surface area contributed by atoms with Crippen LogP contribution < -0.4 is 11.1 Å². The van der Waals surface area contributed by atoms with E-state index in [9.17, 15) is 0 Å². The van der Waals surface area contributed by atoms with Crippen LogP contribution >= 0.6 is 0 Å². The number of aliphatic imine (C=N–C) groups is 3. The fourth-order valence-corrected chi connectivity index (χ4v) is 4.23. The van der Waals surface area contributed by atoms with E-state index in [-0.39, 0.29) is 0 Å². The lowest BCUT2D eigenvalue weighted by Gasteiger charge is -2.41. The molecule has 3 N–H and O–H groups in total. The van der Waals surface area contributed by atoms with Crippen molar-refractivity contribution in [2.24, 2.45) is 20.7 Å². The molecule has 1 aromatic rings. The number of nitrogens with zero attached hydrogens (tertiary/aromatic N) is 6. The van der Waals surface area contributed by atoms with E-state index < -0.39 is 0 Å². The maximum atomic E-state index is 5.81. The van der Waals surface area contributed by atoms with E-state index in [1.54, 1.807) is 19.0 Å². The van der Waals surface area contributed by atoms with Gasteiger partial charge in [-0.05, 0) is 38.7 Å². The van der Waals surface area contributed by atoms with Gasteiger partial charge in [-0.1, -0.05) is 0 Å². The van der Waals surface area contributed by atoms with Crippen LogP contribution in [-0.4, -0.2) is 59.2 Å². The van der Waals surface area contributed by atoms with Crippen molar-refractivity contribution in [2.75, 3.05) is 26.7 Å². The van der Waals surface area contributed by atoms with Crippen LogP contribution in [-0.2, 0) is 19.5 Å². The number of amidine groups is 2. The number of nitrogens with two attached hydrogens (primary N) is 1. The number of fused-ring (bicyclic) bond motifs is 1. The summed E-state index contributed by atoms with van der Waals surface area (Å²) < 4.78 is 2.19. The van der Waals surface area contributed by atoms with Crippen molar-refractivity contribution in [1.82, 2.24) is 20.0 Å². The highest BCUT2D eigenvalue weighted by molar-refractivity contribution is 6.19. The van der Waals surface area contributed by atoms with Crippen LogP contribution in [0.4, 0.5) is 0 Å². The van der Waals surface area contributed by atoms with Crippen LogP contribution in [0.25, 0.3) is 0 Å². The van der Waals surface area contributed by atoms with Gasteiger partial charge in [-0.25, -0.2) is 0 Å². The molecule has 8 heteroatoms.